The molecule has 0 aromatic carbocycles. The number of rotatable bonds is 0. The lowest BCUT2D eigenvalue weighted by Crippen LogP contribution is -2.60. The van der Waals surface area contributed by atoms with Crippen molar-refractivity contribution in [2.75, 3.05) is 0 Å². The van der Waals surface area contributed by atoms with E-state index in [1.165, 1.54) is 27.7 Å². The number of hydrogen-bond donors (Lipinski definition) is 2. The van der Waals surface area contributed by atoms with Crippen LogP contribution in [0, 0.1) is 0 Å². The Kier molecular flexibility index (Phi) is 4.25. The van der Waals surface area contributed by atoms with Crippen LogP contribution in [0.2, 0.25) is 0 Å². The molecule has 8 heteroatoms. The highest BCUT2D eigenvalue weighted by molar-refractivity contribution is 6.20. The van der Waals surface area contributed by atoms with E-state index in [1.807, 2.05) is 0 Å². The summed E-state index contributed by atoms with van der Waals surface area (Å²) < 4.78 is 62.7. The second kappa shape index (κ2) is 6.51. The minimum absolute atomic E-state index is 0.141. The summed E-state index contributed by atoms with van der Waals surface area (Å²) in [5.41, 5.74) is -2.96. The third-order valence-corrected chi connectivity index (χ3v) is 6.64. The molecule has 1 aromatic heterocycles. The summed E-state index contributed by atoms with van der Waals surface area (Å²) in [6.45, 7) is 5.20. The number of nitrogens with one attached hydrogen (secondary N) is 2. The summed E-state index contributed by atoms with van der Waals surface area (Å²) in [4.78, 5) is 11.8. The summed E-state index contributed by atoms with van der Waals surface area (Å²) in [7, 11) is 0. The van der Waals surface area contributed by atoms with Gasteiger partial charge in [-0.15, -0.1) is 0 Å². The van der Waals surface area contributed by atoms with Gasteiger partial charge < -0.3 is 4.98 Å². The highest BCUT2D eigenvalue weighted by atomic mass is 19.2. The molecule has 5 rings (SSSR count). The number of hydrogen-bond acceptors (Lipinski definition) is 3. The Morgan fingerprint density at radius 1 is 1.00 bits per heavy atom. The smallest absolute Gasteiger partial charge is 0.207 e. The van der Waals surface area contributed by atoms with E-state index in [4.69, 9.17) is 0 Å². The first-order chi connectivity index (χ1) is 15.0. The van der Waals surface area contributed by atoms with Gasteiger partial charge >= 0.3 is 0 Å². The van der Waals surface area contributed by atoms with Crippen LogP contribution in [-0.4, -0.2) is 39.4 Å². The molecule has 32 heavy (non-hydrogen) atoms. The van der Waals surface area contributed by atoms with Crippen molar-refractivity contribution in [3.63, 3.8) is 0 Å². The van der Waals surface area contributed by atoms with Crippen LogP contribution in [0.15, 0.2) is 68.8 Å². The number of alkyl halides is 2. The fourth-order valence-corrected chi connectivity index (χ4v) is 4.81. The van der Waals surface area contributed by atoms with Crippen molar-refractivity contribution >= 4 is 23.6 Å². The Balaban J connectivity index is 1.79. The van der Waals surface area contributed by atoms with Crippen molar-refractivity contribution in [2.24, 2.45) is 9.98 Å². The predicted octanol–water partition coefficient (Wildman–Crippen LogP) is 3.55. The third kappa shape index (κ3) is 2.78. The number of H-pyrrole nitrogens is 1. The van der Waals surface area contributed by atoms with Crippen molar-refractivity contribution in [2.45, 2.75) is 50.7 Å². The van der Waals surface area contributed by atoms with Crippen molar-refractivity contribution < 1.29 is 17.6 Å². The molecule has 166 valence electrons. The van der Waals surface area contributed by atoms with Gasteiger partial charge in [-0.1, -0.05) is 0 Å². The Morgan fingerprint density at radius 2 is 1.72 bits per heavy atom. The van der Waals surface area contributed by atoms with Crippen LogP contribution in [0.1, 0.15) is 27.7 Å². The van der Waals surface area contributed by atoms with Gasteiger partial charge in [-0.3, -0.25) is 10.3 Å². The molecule has 4 unspecified atom stereocenters. The highest BCUT2D eigenvalue weighted by Crippen LogP contribution is 2.49. The predicted molar refractivity (Wildman–Crippen MR) is 117 cm³/mol. The Bertz CT molecular complexity index is 1360. The van der Waals surface area contributed by atoms with E-state index in [0.29, 0.717) is 22.1 Å². The van der Waals surface area contributed by atoms with Gasteiger partial charge in [-0.25, -0.2) is 22.6 Å². The molecule has 0 radical (unpaired) electrons. The molecule has 4 aliphatic heterocycles. The summed E-state index contributed by atoms with van der Waals surface area (Å²) >= 11 is 0. The molecule has 8 bridgehead atoms. The second-order valence-corrected chi connectivity index (χ2v) is 9.02. The topological polar surface area (TPSA) is 52.5 Å². The minimum atomic E-state index is -2.48. The first-order valence-electron chi connectivity index (χ1n) is 10.3. The van der Waals surface area contributed by atoms with E-state index in [1.54, 1.807) is 36.4 Å². The maximum Gasteiger partial charge on any atom is 0.207 e. The number of aromatic amines is 1. The first-order valence-corrected chi connectivity index (χ1v) is 10.3. The van der Waals surface area contributed by atoms with Gasteiger partial charge in [0, 0.05) is 21.8 Å². The Hall–Kier alpha value is -3.00. The summed E-state index contributed by atoms with van der Waals surface area (Å²) in [6, 6.07) is 3.37. The molecular formula is C24H22F4N4. The molecule has 0 saturated heterocycles. The van der Waals surface area contributed by atoms with Crippen LogP contribution < -0.4 is 16.0 Å². The Morgan fingerprint density at radius 3 is 2.47 bits per heavy atom. The van der Waals surface area contributed by atoms with Gasteiger partial charge in [0.15, 0.2) is 6.17 Å². The lowest BCUT2D eigenvalue weighted by Gasteiger charge is -2.38. The van der Waals surface area contributed by atoms with Gasteiger partial charge in [0.1, 0.15) is 22.7 Å². The molecule has 4 aliphatic rings. The highest BCUT2D eigenvalue weighted by Gasteiger charge is 2.61. The molecule has 4 nitrogen and oxygen atoms in total. The summed E-state index contributed by atoms with van der Waals surface area (Å²) in [5, 5.41) is 3.50. The van der Waals surface area contributed by atoms with Gasteiger partial charge in [0.25, 0.3) is 0 Å². The molecule has 1 aromatic rings. The van der Waals surface area contributed by atoms with Crippen LogP contribution in [-0.2, 0) is 0 Å². The normalized spacial score (nSPS) is 36.1. The Labute approximate surface area is 182 Å². The number of aromatic nitrogens is 1. The largest absolute Gasteiger partial charge is 0.356 e. The van der Waals surface area contributed by atoms with E-state index in [0.717, 1.165) is 6.08 Å². The molecule has 0 amide bonds. The van der Waals surface area contributed by atoms with Crippen LogP contribution in [0.3, 0.4) is 0 Å². The van der Waals surface area contributed by atoms with Crippen molar-refractivity contribution in [1.82, 2.24) is 10.3 Å². The van der Waals surface area contributed by atoms with Crippen molar-refractivity contribution in [1.29, 1.82) is 0 Å². The first kappa shape index (κ1) is 20.9. The van der Waals surface area contributed by atoms with E-state index in [-0.39, 0.29) is 16.9 Å². The standard InChI is InChI=1S/C24H22F4N4/c1-12-18-10-16-6-5-14(29-16)9-15-7-8-17(30-15)11-24(28)13(2)20(26)23(4,32-24)21(27)22(3,31-18)19(12)25/h5-11,21,30,32H,1-4H3. The molecular weight excluding hydrogens is 420 g/mol. The number of fused-ring (bicyclic) bond motifs is 6. The summed E-state index contributed by atoms with van der Waals surface area (Å²) in [5.74, 6) is -4.30. The number of allylic oxidation sites excluding steroid dienone is 4. The van der Waals surface area contributed by atoms with Gasteiger partial charge in [-0.05, 0) is 70.2 Å². The molecule has 4 atom stereocenters. The molecule has 0 spiro atoms. The summed E-state index contributed by atoms with van der Waals surface area (Å²) in [6.07, 6.45) is 5.76. The average molecular weight is 442 g/mol. The minimum Gasteiger partial charge on any atom is -0.356 e. The van der Waals surface area contributed by atoms with E-state index in [2.05, 4.69) is 20.3 Å². The van der Waals surface area contributed by atoms with E-state index < -0.39 is 34.7 Å². The fourth-order valence-electron chi connectivity index (χ4n) is 4.81. The molecule has 5 heterocycles. The van der Waals surface area contributed by atoms with E-state index >= 15 is 17.6 Å². The molecule has 2 N–H and O–H groups in total. The zero-order valence-corrected chi connectivity index (χ0v) is 18.0. The van der Waals surface area contributed by atoms with Crippen LogP contribution >= 0.6 is 0 Å². The molecule has 0 aliphatic carbocycles. The lowest BCUT2D eigenvalue weighted by molar-refractivity contribution is 0.0863. The number of nitrogens with zero attached hydrogens (tertiary/aromatic N) is 2. The van der Waals surface area contributed by atoms with E-state index in [9.17, 15) is 0 Å². The molecule has 0 fully saturated rings. The lowest BCUT2D eigenvalue weighted by atomic mass is 9.81. The number of aliphatic imine (C=N–C) groups is 2. The van der Waals surface area contributed by atoms with Gasteiger partial charge in [0.2, 0.25) is 5.79 Å². The maximum absolute atomic E-state index is 16.0. The maximum atomic E-state index is 16.0. The van der Waals surface area contributed by atoms with Gasteiger partial charge in [0.05, 0.1) is 17.1 Å². The molecule has 0 saturated carbocycles. The third-order valence-electron chi connectivity index (χ3n) is 6.64. The zero-order chi connectivity index (χ0) is 23.1. The van der Waals surface area contributed by atoms with Gasteiger partial charge in [-0.2, -0.15) is 0 Å². The monoisotopic (exact) mass is 442 g/mol. The van der Waals surface area contributed by atoms with Crippen LogP contribution in [0.25, 0.3) is 12.2 Å². The second-order valence-electron chi connectivity index (χ2n) is 9.02. The van der Waals surface area contributed by atoms with Crippen molar-refractivity contribution in [3.05, 3.63) is 69.6 Å². The average Bonchev–Trinajstić information content (AvgIpc) is 3.45. The van der Waals surface area contributed by atoms with Crippen molar-refractivity contribution in [3.8, 4) is 0 Å². The van der Waals surface area contributed by atoms with Crippen LogP contribution in [0.5, 0.6) is 0 Å². The van der Waals surface area contributed by atoms with Crippen LogP contribution in [0.4, 0.5) is 17.6 Å². The number of halogens is 4. The SMILES string of the molecule is CC1=C(F)C2(C)N=C1C=C1C=CC(=N1)C=c1ccc([nH]1)=CC1(F)NC(C)(C(F)=C1C)C2F. The fraction of sp³-hybridized carbons (Fsp3) is 0.333. The zero-order valence-electron chi connectivity index (χ0n) is 18.0. The quantitative estimate of drug-likeness (QED) is 0.469.